The molecule has 0 N–H and O–H groups in total. The molecule has 4 radical (unpaired) electrons. The highest BCUT2D eigenvalue weighted by molar-refractivity contribution is 8.08. The Balaban J connectivity index is 0.000000320. The van der Waals surface area contributed by atoms with Crippen LogP contribution < -0.4 is 9.79 Å². The van der Waals surface area contributed by atoms with Crippen LogP contribution in [0.1, 0.15) is 0 Å². The van der Waals surface area contributed by atoms with Gasteiger partial charge in [0, 0.05) is 35.1 Å². The first kappa shape index (κ1) is 31.4. The molecule has 184 valence electrons. The van der Waals surface area contributed by atoms with Gasteiger partial charge in [-0.2, -0.15) is 23.5 Å². The minimum atomic E-state index is -3.70. The standard InChI is InChI=1S/C8H16BO5PS.C8H16BO4PS2/c1-12-6-5(4-14-15(3,10)11)16-8(9)7(6)13-2;1-11-6-5(4-13-14(3,10)15)16-8(9)7(6)12-2/h5-8H,4H2,1-3H3,(H,10,11);5-8H,4H2,1-3H3,(H,10,15)/p-2. The van der Waals surface area contributed by atoms with Gasteiger partial charge >= 0.3 is 0 Å². The minimum absolute atomic E-state index is 0.00109. The van der Waals surface area contributed by atoms with Crippen molar-refractivity contribution in [2.75, 3.05) is 55.0 Å². The van der Waals surface area contributed by atoms with E-state index in [2.05, 4.69) is 0 Å². The Hall–Kier alpha value is 1.39. The fourth-order valence-corrected chi connectivity index (χ4v) is 7.34. The van der Waals surface area contributed by atoms with Gasteiger partial charge in [0.15, 0.2) is 0 Å². The van der Waals surface area contributed by atoms with Crippen molar-refractivity contribution in [3.63, 3.8) is 0 Å². The Morgan fingerprint density at radius 2 is 1.12 bits per heavy atom. The normalized spacial score (nSPS) is 38.5. The lowest BCUT2D eigenvalue weighted by Gasteiger charge is -2.27. The summed E-state index contributed by atoms with van der Waals surface area (Å²) in [5.74, 6) is 0. The maximum Gasteiger partial charge on any atom is 0.131 e. The average Bonchev–Trinajstić information content (AvgIpc) is 3.18. The van der Waals surface area contributed by atoms with Gasteiger partial charge in [-0.05, 0) is 23.5 Å². The molecule has 0 bridgehead atoms. The summed E-state index contributed by atoms with van der Waals surface area (Å²) >= 11 is 7.62. The molecule has 0 spiro atoms. The molecular weight excluding hydrogens is 516 g/mol. The summed E-state index contributed by atoms with van der Waals surface area (Å²) in [5, 5.41) is -0.523. The lowest BCUT2D eigenvalue weighted by Crippen LogP contribution is -2.37. The highest BCUT2D eigenvalue weighted by Gasteiger charge is 2.43. The number of hydrogen-bond donors (Lipinski definition) is 0. The van der Waals surface area contributed by atoms with Gasteiger partial charge in [-0.25, -0.2) is 0 Å². The molecule has 32 heavy (non-hydrogen) atoms. The van der Waals surface area contributed by atoms with Gasteiger partial charge in [0.25, 0.3) is 0 Å². The smallest absolute Gasteiger partial charge is 0.131 e. The van der Waals surface area contributed by atoms with E-state index < -0.39 is 14.1 Å². The fraction of sp³-hybridized carbons (Fsp3) is 1.00. The van der Waals surface area contributed by atoms with Crippen LogP contribution in [0.15, 0.2) is 0 Å². The maximum atomic E-state index is 11.3. The molecule has 2 fully saturated rings. The molecule has 0 aromatic carbocycles. The van der Waals surface area contributed by atoms with E-state index in [0.717, 1.165) is 6.66 Å². The van der Waals surface area contributed by atoms with E-state index in [-0.39, 0.29) is 58.4 Å². The van der Waals surface area contributed by atoms with Gasteiger partial charge in [0.2, 0.25) is 0 Å². The summed E-state index contributed by atoms with van der Waals surface area (Å²) in [6.07, 6.45) is -0.834. The van der Waals surface area contributed by atoms with Crippen LogP contribution in [-0.2, 0) is 44.4 Å². The van der Waals surface area contributed by atoms with E-state index in [1.54, 1.807) is 28.4 Å². The molecule has 0 aromatic heterocycles. The number of rotatable bonds is 10. The minimum Gasteiger partial charge on any atom is -0.801 e. The lowest BCUT2D eigenvalue weighted by atomic mass is 9.94. The van der Waals surface area contributed by atoms with E-state index >= 15 is 0 Å². The molecule has 2 saturated heterocycles. The Bertz CT molecular complexity index is 602. The molecule has 10 atom stereocenters. The monoisotopic (exact) mass is 546 g/mol. The number of ether oxygens (including phenoxy) is 4. The van der Waals surface area contributed by atoms with Crippen LogP contribution in [0.25, 0.3) is 0 Å². The quantitative estimate of drug-likeness (QED) is 0.266. The molecule has 0 saturated carbocycles. The third-order valence-electron chi connectivity index (χ3n) is 4.73. The summed E-state index contributed by atoms with van der Waals surface area (Å²) in [5.41, 5.74) is 0. The molecule has 9 nitrogen and oxygen atoms in total. The zero-order chi connectivity index (χ0) is 24.7. The highest BCUT2D eigenvalue weighted by atomic mass is 32.5. The van der Waals surface area contributed by atoms with Crippen molar-refractivity contribution in [2.24, 2.45) is 0 Å². The van der Waals surface area contributed by atoms with Crippen LogP contribution in [0.5, 0.6) is 0 Å². The molecule has 16 heteroatoms. The second-order valence-corrected chi connectivity index (χ2v) is 15.6. The van der Waals surface area contributed by atoms with Crippen molar-refractivity contribution in [1.82, 2.24) is 0 Å². The summed E-state index contributed by atoms with van der Waals surface area (Å²) < 4.78 is 41.9. The van der Waals surface area contributed by atoms with E-state index in [4.69, 9.17) is 55.5 Å². The molecule has 2 aliphatic rings. The number of thioether (sulfide) groups is 2. The SMILES string of the molecule is [B]C1SC(COP(C)(=O)[O-])C(OC)C1OC.[B]C1SC(COP(C)([O-])=S)C(OC)C1OC. The summed E-state index contributed by atoms with van der Waals surface area (Å²) in [7, 11) is 14.3. The summed E-state index contributed by atoms with van der Waals surface area (Å²) in [4.78, 5) is 22.2. The van der Waals surface area contributed by atoms with Crippen LogP contribution in [0.2, 0.25) is 0 Å². The number of methoxy groups -OCH3 is 4. The van der Waals surface area contributed by atoms with E-state index in [1.807, 2.05) is 0 Å². The Morgan fingerprint density at radius 1 is 0.781 bits per heavy atom. The molecule has 2 heterocycles. The molecular formula is C16H30B2O9P2S3-2. The zero-order valence-electron chi connectivity index (χ0n) is 19.0. The van der Waals surface area contributed by atoms with Gasteiger partial charge in [-0.3, -0.25) is 0 Å². The van der Waals surface area contributed by atoms with E-state index in [0.29, 0.717) is 0 Å². The second-order valence-electron chi connectivity index (χ2n) is 7.21. The molecule has 0 aliphatic carbocycles. The van der Waals surface area contributed by atoms with Crippen molar-refractivity contribution in [2.45, 2.75) is 45.2 Å². The van der Waals surface area contributed by atoms with Crippen molar-refractivity contribution in [1.29, 1.82) is 0 Å². The molecule has 2 aliphatic heterocycles. The van der Waals surface area contributed by atoms with Crippen molar-refractivity contribution >= 4 is 65.1 Å². The average molecular weight is 546 g/mol. The molecule has 2 rings (SSSR count). The van der Waals surface area contributed by atoms with Crippen LogP contribution in [0.4, 0.5) is 0 Å². The second kappa shape index (κ2) is 14.2. The predicted octanol–water partition coefficient (Wildman–Crippen LogP) is -0.231. The molecule has 0 amide bonds. The Morgan fingerprint density at radius 3 is 1.41 bits per heavy atom. The molecule has 10 unspecified atom stereocenters. The van der Waals surface area contributed by atoms with E-state index in [9.17, 15) is 14.4 Å². The first-order chi connectivity index (χ1) is 14.8. The van der Waals surface area contributed by atoms with Crippen LogP contribution in [-0.4, -0.2) is 116 Å². The van der Waals surface area contributed by atoms with Gasteiger partial charge < -0.3 is 42.3 Å². The lowest BCUT2D eigenvalue weighted by molar-refractivity contribution is -0.197. The summed E-state index contributed by atoms with van der Waals surface area (Å²) in [6, 6.07) is 0. The van der Waals surface area contributed by atoms with Crippen LogP contribution in [0, 0.1) is 0 Å². The molecule has 0 aromatic rings. The van der Waals surface area contributed by atoms with Gasteiger partial charge in [0.05, 0.1) is 63.8 Å². The third kappa shape index (κ3) is 10.2. The van der Waals surface area contributed by atoms with Crippen molar-refractivity contribution in [3.05, 3.63) is 0 Å². The Kier molecular flexibility index (Phi) is 14.0. The predicted molar refractivity (Wildman–Crippen MR) is 131 cm³/mol. The van der Waals surface area contributed by atoms with Crippen molar-refractivity contribution < 1.29 is 42.3 Å². The Labute approximate surface area is 207 Å². The largest absolute Gasteiger partial charge is 0.801 e. The van der Waals surface area contributed by atoms with Crippen LogP contribution in [0.3, 0.4) is 0 Å². The summed E-state index contributed by atoms with van der Waals surface area (Å²) in [6.45, 7) is -0.0770. The van der Waals surface area contributed by atoms with Gasteiger partial charge in [-0.1, -0.05) is 11.8 Å². The first-order valence-corrected chi connectivity index (χ1v) is 16.5. The first-order valence-electron chi connectivity index (χ1n) is 9.57. The zero-order valence-corrected chi connectivity index (χ0v) is 23.2. The maximum absolute atomic E-state index is 11.3. The van der Waals surface area contributed by atoms with E-state index in [1.165, 1.54) is 30.2 Å². The third-order valence-corrected chi connectivity index (χ3v) is 8.95. The van der Waals surface area contributed by atoms with Crippen molar-refractivity contribution in [3.8, 4) is 0 Å². The van der Waals surface area contributed by atoms with Gasteiger partial charge in [-0.15, -0.1) is 0 Å². The fourth-order valence-electron chi connectivity index (χ4n) is 3.30. The van der Waals surface area contributed by atoms with Gasteiger partial charge in [0.1, 0.15) is 7.60 Å². The van der Waals surface area contributed by atoms with Crippen LogP contribution >= 0.6 is 37.6 Å². The number of hydrogen-bond acceptors (Lipinski definition) is 12. The topological polar surface area (TPSA) is 119 Å². The highest BCUT2D eigenvalue weighted by Crippen LogP contribution is 2.40.